The van der Waals surface area contributed by atoms with Crippen LogP contribution in [0.1, 0.15) is 19.3 Å². The molecular formula is C22H18ClF2N5O2. The quantitative estimate of drug-likeness (QED) is 0.387. The van der Waals surface area contributed by atoms with Gasteiger partial charge in [0.15, 0.2) is 17.2 Å². The van der Waals surface area contributed by atoms with E-state index in [2.05, 4.69) is 25.5 Å². The SMILES string of the molecule is OC1CCCC1Nc1nc(Oc2ccc(F)cc2F)nc2n[nH]c(-c3ccccc3Cl)c12. The van der Waals surface area contributed by atoms with E-state index in [0.29, 0.717) is 40.0 Å². The number of hydrogen-bond donors (Lipinski definition) is 3. The van der Waals surface area contributed by atoms with Crippen molar-refractivity contribution in [3.63, 3.8) is 0 Å². The molecule has 2 aromatic carbocycles. The fraction of sp³-hybridized carbons (Fsp3) is 0.227. The van der Waals surface area contributed by atoms with Crippen molar-refractivity contribution in [2.24, 2.45) is 0 Å². The second-order valence-corrected chi connectivity index (χ2v) is 7.96. The summed E-state index contributed by atoms with van der Waals surface area (Å²) >= 11 is 6.38. The van der Waals surface area contributed by atoms with Gasteiger partial charge >= 0.3 is 6.01 Å². The minimum atomic E-state index is -0.881. The van der Waals surface area contributed by atoms with Crippen molar-refractivity contribution < 1.29 is 18.6 Å². The zero-order valence-corrected chi connectivity index (χ0v) is 17.4. The van der Waals surface area contributed by atoms with Crippen LogP contribution in [0.25, 0.3) is 22.3 Å². The van der Waals surface area contributed by atoms with Gasteiger partial charge in [-0.2, -0.15) is 15.1 Å². The van der Waals surface area contributed by atoms with E-state index in [9.17, 15) is 13.9 Å². The molecule has 2 atom stereocenters. The first kappa shape index (κ1) is 20.6. The molecule has 7 nitrogen and oxygen atoms in total. The third-order valence-corrected chi connectivity index (χ3v) is 5.76. The maximum Gasteiger partial charge on any atom is 0.326 e. The minimum Gasteiger partial charge on any atom is -0.421 e. The van der Waals surface area contributed by atoms with Gasteiger partial charge in [0.05, 0.1) is 23.2 Å². The lowest BCUT2D eigenvalue weighted by Gasteiger charge is -2.18. The number of aromatic nitrogens is 4. The highest BCUT2D eigenvalue weighted by Gasteiger charge is 2.28. The maximum atomic E-state index is 14.1. The van der Waals surface area contributed by atoms with E-state index in [4.69, 9.17) is 16.3 Å². The van der Waals surface area contributed by atoms with Crippen LogP contribution in [0.15, 0.2) is 42.5 Å². The zero-order valence-electron chi connectivity index (χ0n) is 16.6. The van der Waals surface area contributed by atoms with Gasteiger partial charge in [-0.15, -0.1) is 0 Å². The number of aliphatic hydroxyl groups excluding tert-OH is 1. The molecule has 2 unspecified atom stereocenters. The van der Waals surface area contributed by atoms with Gasteiger partial charge < -0.3 is 15.2 Å². The van der Waals surface area contributed by atoms with Gasteiger partial charge in [0.1, 0.15) is 11.6 Å². The molecule has 1 saturated carbocycles. The van der Waals surface area contributed by atoms with Gasteiger partial charge in [0.2, 0.25) is 0 Å². The molecule has 164 valence electrons. The van der Waals surface area contributed by atoms with E-state index in [1.165, 1.54) is 0 Å². The number of benzene rings is 2. The Bertz CT molecular complexity index is 1300. The molecule has 32 heavy (non-hydrogen) atoms. The van der Waals surface area contributed by atoms with Crippen molar-refractivity contribution in [2.75, 3.05) is 5.32 Å². The van der Waals surface area contributed by atoms with E-state index in [1.54, 1.807) is 6.07 Å². The number of hydrogen-bond acceptors (Lipinski definition) is 6. The summed E-state index contributed by atoms with van der Waals surface area (Å²) in [7, 11) is 0. The highest BCUT2D eigenvalue weighted by atomic mass is 35.5. The van der Waals surface area contributed by atoms with Gasteiger partial charge in [-0.1, -0.05) is 29.8 Å². The molecule has 3 N–H and O–H groups in total. The summed E-state index contributed by atoms with van der Waals surface area (Å²) in [5, 5.41) is 21.8. The van der Waals surface area contributed by atoms with Crippen molar-refractivity contribution in [3.05, 3.63) is 59.1 Å². The number of nitrogens with one attached hydrogen (secondary N) is 2. The first-order valence-electron chi connectivity index (χ1n) is 10.1. The van der Waals surface area contributed by atoms with Crippen LogP contribution in [0.4, 0.5) is 14.6 Å². The van der Waals surface area contributed by atoms with E-state index in [0.717, 1.165) is 25.0 Å². The first-order chi connectivity index (χ1) is 15.5. The fourth-order valence-electron chi connectivity index (χ4n) is 3.85. The monoisotopic (exact) mass is 457 g/mol. The molecule has 4 aromatic rings. The highest BCUT2D eigenvalue weighted by Crippen LogP contribution is 2.37. The van der Waals surface area contributed by atoms with Crippen molar-refractivity contribution >= 4 is 28.5 Å². The average Bonchev–Trinajstić information content (AvgIpc) is 3.37. The summed E-state index contributed by atoms with van der Waals surface area (Å²) in [5.41, 5.74) is 1.57. The summed E-state index contributed by atoms with van der Waals surface area (Å²) in [6.45, 7) is 0. The minimum absolute atomic E-state index is 0.171. The summed E-state index contributed by atoms with van der Waals surface area (Å²) < 4.78 is 32.8. The second-order valence-electron chi connectivity index (χ2n) is 7.56. The third kappa shape index (κ3) is 3.85. The third-order valence-electron chi connectivity index (χ3n) is 5.43. The Hall–Kier alpha value is -3.30. The molecule has 1 fully saturated rings. The fourth-order valence-corrected chi connectivity index (χ4v) is 4.08. The molecule has 1 aliphatic rings. The largest absolute Gasteiger partial charge is 0.421 e. The number of anilines is 1. The molecule has 0 radical (unpaired) electrons. The molecule has 0 amide bonds. The molecule has 10 heteroatoms. The summed E-state index contributed by atoms with van der Waals surface area (Å²) in [6.07, 6.45) is 1.78. The molecule has 0 aliphatic heterocycles. The Kier molecular flexibility index (Phi) is 5.36. The van der Waals surface area contributed by atoms with Crippen molar-refractivity contribution in [1.82, 2.24) is 20.2 Å². The van der Waals surface area contributed by atoms with Crippen LogP contribution in [0, 0.1) is 11.6 Å². The van der Waals surface area contributed by atoms with Crippen LogP contribution in [0.3, 0.4) is 0 Å². The van der Waals surface area contributed by atoms with Crippen LogP contribution in [-0.2, 0) is 0 Å². The van der Waals surface area contributed by atoms with Crippen LogP contribution in [-0.4, -0.2) is 37.4 Å². The van der Waals surface area contributed by atoms with Gasteiger partial charge in [-0.05, 0) is 37.5 Å². The topological polar surface area (TPSA) is 95.9 Å². The van der Waals surface area contributed by atoms with Crippen molar-refractivity contribution in [3.8, 4) is 23.0 Å². The molecule has 0 bridgehead atoms. The van der Waals surface area contributed by atoms with Gasteiger partial charge in [0, 0.05) is 16.7 Å². The van der Waals surface area contributed by atoms with E-state index in [-0.39, 0.29) is 23.4 Å². The lowest BCUT2D eigenvalue weighted by molar-refractivity contribution is 0.171. The van der Waals surface area contributed by atoms with Crippen molar-refractivity contribution in [2.45, 2.75) is 31.4 Å². The Morgan fingerprint density at radius 3 is 2.72 bits per heavy atom. The number of H-pyrrole nitrogens is 1. The van der Waals surface area contributed by atoms with Crippen LogP contribution >= 0.6 is 11.6 Å². The summed E-state index contributed by atoms with van der Waals surface area (Å²) in [5.74, 6) is -1.46. The van der Waals surface area contributed by atoms with Gasteiger partial charge in [-0.25, -0.2) is 8.78 Å². The van der Waals surface area contributed by atoms with Crippen LogP contribution < -0.4 is 10.1 Å². The lowest BCUT2D eigenvalue weighted by atomic mass is 10.1. The Balaban J connectivity index is 1.62. The molecule has 0 saturated heterocycles. The molecule has 0 spiro atoms. The van der Waals surface area contributed by atoms with E-state index < -0.39 is 17.7 Å². The average molecular weight is 458 g/mol. The number of ether oxygens (including phenoxy) is 1. The molecular weight excluding hydrogens is 440 g/mol. The number of aromatic amines is 1. The number of aliphatic hydroxyl groups is 1. The number of nitrogens with zero attached hydrogens (tertiary/aromatic N) is 3. The van der Waals surface area contributed by atoms with E-state index >= 15 is 0 Å². The van der Waals surface area contributed by atoms with Crippen molar-refractivity contribution in [1.29, 1.82) is 0 Å². The van der Waals surface area contributed by atoms with Crippen LogP contribution in [0.2, 0.25) is 5.02 Å². The molecule has 5 rings (SSSR count). The Morgan fingerprint density at radius 1 is 1.12 bits per heavy atom. The standard InChI is InChI=1S/C22H18ClF2N5O2/c23-13-5-2-1-4-12(13)19-18-20(26-15-6-3-7-16(15)31)27-22(28-21(18)30-29-19)32-17-9-8-11(24)10-14(17)25/h1-2,4-5,8-10,15-16,31H,3,6-7H2,(H2,26,27,28,29,30). The van der Waals surface area contributed by atoms with Gasteiger partial charge in [-0.3, -0.25) is 5.10 Å². The predicted molar refractivity (Wildman–Crippen MR) is 116 cm³/mol. The smallest absolute Gasteiger partial charge is 0.326 e. The Labute approximate surface area is 186 Å². The highest BCUT2D eigenvalue weighted by molar-refractivity contribution is 6.33. The molecule has 1 aliphatic carbocycles. The summed E-state index contributed by atoms with van der Waals surface area (Å²) in [4.78, 5) is 8.71. The first-order valence-corrected chi connectivity index (χ1v) is 10.5. The second kappa shape index (κ2) is 8.33. The normalized spacial score (nSPS) is 18.2. The van der Waals surface area contributed by atoms with E-state index in [1.807, 2.05) is 18.2 Å². The van der Waals surface area contributed by atoms with Gasteiger partial charge in [0.25, 0.3) is 0 Å². The predicted octanol–water partition coefficient (Wildman–Crippen LogP) is 5.07. The molecule has 2 aromatic heterocycles. The number of rotatable bonds is 5. The number of halogens is 3. The maximum absolute atomic E-state index is 14.1. The molecule has 2 heterocycles. The van der Waals surface area contributed by atoms with Crippen LogP contribution in [0.5, 0.6) is 11.8 Å². The lowest BCUT2D eigenvalue weighted by Crippen LogP contribution is -2.28. The summed E-state index contributed by atoms with van der Waals surface area (Å²) in [6, 6.07) is 9.81. The number of fused-ring (bicyclic) bond motifs is 1. The Morgan fingerprint density at radius 2 is 1.97 bits per heavy atom. The zero-order chi connectivity index (χ0) is 22.2.